The summed E-state index contributed by atoms with van der Waals surface area (Å²) in [5.74, 6) is 2.20. The fraction of sp³-hybridized carbons (Fsp3) is 0.571. The van der Waals surface area contributed by atoms with Crippen molar-refractivity contribution in [2.75, 3.05) is 13.2 Å². The first-order chi connectivity index (χ1) is 5.81. The lowest BCUT2D eigenvalue weighted by Crippen LogP contribution is -2.23. The SMILES string of the molecule is C#CCNC(=O)CCCOSO. The van der Waals surface area contributed by atoms with E-state index in [2.05, 4.69) is 15.4 Å². The Morgan fingerprint density at radius 1 is 1.75 bits per heavy atom. The van der Waals surface area contributed by atoms with Crippen LogP contribution in [0.5, 0.6) is 0 Å². The van der Waals surface area contributed by atoms with Crippen LogP contribution >= 0.6 is 12.3 Å². The number of terminal acetylenes is 1. The van der Waals surface area contributed by atoms with Gasteiger partial charge in [0.2, 0.25) is 5.91 Å². The van der Waals surface area contributed by atoms with Crippen molar-refractivity contribution in [2.45, 2.75) is 12.8 Å². The number of carbonyl (C=O) groups excluding carboxylic acids is 1. The van der Waals surface area contributed by atoms with Gasteiger partial charge < -0.3 is 9.87 Å². The highest BCUT2D eigenvalue weighted by Crippen LogP contribution is 1.97. The zero-order valence-corrected chi connectivity index (χ0v) is 7.39. The second-order valence-electron chi connectivity index (χ2n) is 1.98. The van der Waals surface area contributed by atoms with Crippen LogP contribution in [0.25, 0.3) is 0 Å². The molecule has 68 valence electrons. The Morgan fingerprint density at radius 3 is 3.08 bits per heavy atom. The van der Waals surface area contributed by atoms with E-state index in [9.17, 15) is 4.79 Å². The second kappa shape index (κ2) is 8.40. The van der Waals surface area contributed by atoms with Gasteiger partial charge in [-0.25, -0.2) is 0 Å². The summed E-state index contributed by atoms with van der Waals surface area (Å²) in [5.41, 5.74) is 0. The second-order valence-corrected chi connectivity index (χ2v) is 2.37. The van der Waals surface area contributed by atoms with Gasteiger partial charge in [0.05, 0.1) is 13.2 Å². The minimum Gasteiger partial charge on any atom is -0.345 e. The minimum atomic E-state index is -0.0977. The van der Waals surface area contributed by atoms with E-state index in [1.165, 1.54) is 0 Å². The van der Waals surface area contributed by atoms with Crippen LogP contribution in [0.4, 0.5) is 0 Å². The molecular weight excluding hydrogens is 178 g/mol. The molecular formula is C7H11NO3S. The molecule has 0 aromatic carbocycles. The Morgan fingerprint density at radius 2 is 2.50 bits per heavy atom. The molecule has 0 heterocycles. The molecule has 1 amide bonds. The van der Waals surface area contributed by atoms with Crippen molar-refractivity contribution in [3.8, 4) is 12.3 Å². The van der Waals surface area contributed by atoms with E-state index in [1.54, 1.807) is 0 Å². The van der Waals surface area contributed by atoms with Gasteiger partial charge in [0, 0.05) is 6.42 Å². The van der Waals surface area contributed by atoms with Crippen LogP contribution in [0.15, 0.2) is 0 Å². The normalized spacial score (nSPS) is 9.00. The van der Waals surface area contributed by atoms with Gasteiger partial charge in [-0.05, 0) is 6.42 Å². The van der Waals surface area contributed by atoms with E-state index in [0.717, 1.165) is 0 Å². The molecule has 0 unspecified atom stereocenters. The van der Waals surface area contributed by atoms with Crippen molar-refractivity contribution in [2.24, 2.45) is 0 Å². The van der Waals surface area contributed by atoms with Crippen molar-refractivity contribution < 1.29 is 13.5 Å². The van der Waals surface area contributed by atoms with Crippen LogP contribution in [-0.2, 0) is 8.98 Å². The van der Waals surface area contributed by atoms with E-state index in [1.807, 2.05) is 0 Å². The molecule has 4 nitrogen and oxygen atoms in total. The average Bonchev–Trinajstić information content (AvgIpc) is 2.09. The minimum absolute atomic E-state index is 0.0977. The fourth-order valence-corrected chi connectivity index (χ4v) is 0.759. The summed E-state index contributed by atoms with van der Waals surface area (Å²) in [4.78, 5) is 10.8. The molecule has 0 saturated carbocycles. The topological polar surface area (TPSA) is 58.6 Å². The standard InChI is InChI=1S/C7H11NO3S/c1-2-5-8-7(9)4-3-6-11-12-10/h1,10H,3-6H2,(H,8,9). The molecule has 0 fully saturated rings. The number of hydrogen-bond donors (Lipinski definition) is 2. The Kier molecular flexibility index (Phi) is 7.91. The maximum atomic E-state index is 10.8. The molecule has 12 heavy (non-hydrogen) atoms. The van der Waals surface area contributed by atoms with Crippen molar-refractivity contribution >= 4 is 18.2 Å². The zero-order valence-electron chi connectivity index (χ0n) is 6.58. The highest BCUT2D eigenvalue weighted by atomic mass is 32.2. The van der Waals surface area contributed by atoms with E-state index < -0.39 is 0 Å². The van der Waals surface area contributed by atoms with Gasteiger partial charge in [0.1, 0.15) is 0 Å². The predicted molar refractivity (Wildman–Crippen MR) is 47.2 cm³/mol. The first-order valence-corrected chi connectivity index (χ1v) is 4.14. The molecule has 0 aliphatic heterocycles. The quantitative estimate of drug-likeness (QED) is 0.366. The van der Waals surface area contributed by atoms with E-state index in [-0.39, 0.29) is 12.5 Å². The molecule has 0 aromatic rings. The maximum absolute atomic E-state index is 10.8. The van der Waals surface area contributed by atoms with Gasteiger partial charge in [-0.15, -0.1) is 6.42 Å². The van der Waals surface area contributed by atoms with Crippen LogP contribution in [0.1, 0.15) is 12.8 Å². The molecule has 0 saturated heterocycles. The monoisotopic (exact) mass is 189 g/mol. The van der Waals surface area contributed by atoms with Gasteiger partial charge >= 0.3 is 0 Å². The lowest BCUT2D eigenvalue weighted by atomic mass is 10.3. The maximum Gasteiger partial charge on any atom is 0.220 e. The van der Waals surface area contributed by atoms with Crippen LogP contribution in [-0.4, -0.2) is 23.6 Å². The molecule has 5 heteroatoms. The van der Waals surface area contributed by atoms with Crippen LogP contribution in [0.3, 0.4) is 0 Å². The number of nitrogens with one attached hydrogen (secondary N) is 1. The smallest absolute Gasteiger partial charge is 0.220 e. The summed E-state index contributed by atoms with van der Waals surface area (Å²) in [6, 6.07) is 0. The summed E-state index contributed by atoms with van der Waals surface area (Å²) >= 11 is 0.307. The summed E-state index contributed by atoms with van der Waals surface area (Å²) < 4.78 is 12.7. The van der Waals surface area contributed by atoms with Gasteiger partial charge in [-0.1, -0.05) is 5.92 Å². The highest BCUT2D eigenvalue weighted by molar-refractivity contribution is 7.88. The van der Waals surface area contributed by atoms with Gasteiger partial charge in [-0.2, -0.15) is 0 Å². The first-order valence-electron chi connectivity index (χ1n) is 3.44. The Hall–Kier alpha value is -0.700. The lowest BCUT2D eigenvalue weighted by molar-refractivity contribution is -0.121. The summed E-state index contributed by atoms with van der Waals surface area (Å²) in [6.07, 6.45) is 5.86. The summed E-state index contributed by atoms with van der Waals surface area (Å²) in [6.45, 7) is 0.610. The van der Waals surface area contributed by atoms with E-state index >= 15 is 0 Å². The Bertz CT molecular complexity index is 167. The number of amides is 1. The van der Waals surface area contributed by atoms with Crippen LogP contribution in [0.2, 0.25) is 0 Å². The molecule has 0 aliphatic rings. The van der Waals surface area contributed by atoms with Crippen LogP contribution in [0, 0.1) is 12.3 Å². The largest absolute Gasteiger partial charge is 0.345 e. The molecule has 0 aliphatic carbocycles. The van der Waals surface area contributed by atoms with E-state index in [4.69, 9.17) is 11.0 Å². The van der Waals surface area contributed by atoms with E-state index in [0.29, 0.717) is 31.8 Å². The third-order valence-corrected chi connectivity index (χ3v) is 1.34. The summed E-state index contributed by atoms with van der Waals surface area (Å²) in [7, 11) is 0. The molecule has 0 bridgehead atoms. The Balaban J connectivity index is 3.15. The average molecular weight is 189 g/mol. The number of hydrogen-bond acceptors (Lipinski definition) is 4. The molecule has 0 atom stereocenters. The number of rotatable bonds is 6. The summed E-state index contributed by atoms with van der Waals surface area (Å²) in [5, 5.41) is 2.51. The zero-order chi connectivity index (χ0) is 9.23. The number of carbonyl (C=O) groups is 1. The van der Waals surface area contributed by atoms with Crippen LogP contribution < -0.4 is 5.32 Å². The third-order valence-electron chi connectivity index (χ3n) is 1.07. The fourth-order valence-electron chi connectivity index (χ4n) is 0.567. The van der Waals surface area contributed by atoms with Crippen molar-refractivity contribution in [3.05, 3.63) is 0 Å². The van der Waals surface area contributed by atoms with Crippen molar-refractivity contribution in [1.82, 2.24) is 5.32 Å². The first kappa shape index (κ1) is 11.3. The molecule has 2 N–H and O–H groups in total. The molecule has 0 spiro atoms. The molecule has 0 rings (SSSR count). The lowest BCUT2D eigenvalue weighted by Gasteiger charge is -1.99. The molecule has 0 aromatic heterocycles. The van der Waals surface area contributed by atoms with Gasteiger partial charge in [0.15, 0.2) is 12.3 Å². The van der Waals surface area contributed by atoms with Gasteiger partial charge in [0.25, 0.3) is 0 Å². The Labute approximate surface area is 76.1 Å². The van der Waals surface area contributed by atoms with Crippen molar-refractivity contribution in [3.63, 3.8) is 0 Å². The third kappa shape index (κ3) is 7.41. The van der Waals surface area contributed by atoms with Gasteiger partial charge in [-0.3, -0.25) is 8.98 Å². The molecule has 0 radical (unpaired) electrons. The highest BCUT2D eigenvalue weighted by Gasteiger charge is 1.98. The predicted octanol–water partition coefficient (Wildman–Crippen LogP) is 0.654. The van der Waals surface area contributed by atoms with Crippen molar-refractivity contribution in [1.29, 1.82) is 0 Å².